The van der Waals surface area contributed by atoms with Crippen molar-refractivity contribution >= 4 is 10.1 Å². The maximum Gasteiger partial charge on any atom is 0.272 e. The Kier molecular flexibility index (Phi) is 10.1. The van der Waals surface area contributed by atoms with Gasteiger partial charge in [0, 0.05) is 24.2 Å². The van der Waals surface area contributed by atoms with E-state index in [1.54, 1.807) is 0 Å². The van der Waals surface area contributed by atoms with Gasteiger partial charge in [-0.1, -0.05) is 39.0 Å². The van der Waals surface area contributed by atoms with Crippen LogP contribution in [0.1, 0.15) is 72.6 Å². The summed E-state index contributed by atoms with van der Waals surface area (Å²) in [4.78, 5) is 0. The van der Waals surface area contributed by atoms with Gasteiger partial charge < -0.3 is 59.1 Å². The van der Waals surface area contributed by atoms with Crippen LogP contribution >= 0.6 is 0 Å². The molecule has 7 fully saturated rings. The molecule has 54 heavy (non-hydrogen) atoms. The second-order valence-electron chi connectivity index (χ2n) is 18.1. The average molecular weight is 787 g/mol. The van der Waals surface area contributed by atoms with Gasteiger partial charge in [0.25, 0.3) is 10.1 Å². The van der Waals surface area contributed by atoms with Gasteiger partial charge in [-0.2, -0.15) is 8.42 Å². The molecule has 7 N–H and O–H groups in total. The fourth-order valence-electron chi connectivity index (χ4n) is 12.5. The van der Waals surface area contributed by atoms with E-state index in [4.69, 9.17) is 28.4 Å². The summed E-state index contributed by atoms with van der Waals surface area (Å²) in [7, 11) is -4.83. The zero-order chi connectivity index (χ0) is 38.9. The lowest BCUT2D eigenvalue weighted by atomic mass is 9.46. The van der Waals surface area contributed by atoms with Crippen LogP contribution in [0.2, 0.25) is 0 Å². The molecule has 0 bridgehead atoms. The zero-order valence-corrected chi connectivity index (χ0v) is 32.2. The lowest BCUT2D eigenvalue weighted by Crippen LogP contribution is -2.64. The van der Waals surface area contributed by atoms with Crippen LogP contribution < -0.4 is 0 Å². The van der Waals surface area contributed by atoms with E-state index in [2.05, 4.69) is 33.4 Å². The first kappa shape index (κ1) is 39.7. The molecule has 8 aliphatic rings. The van der Waals surface area contributed by atoms with Gasteiger partial charge in [-0.25, -0.2) is 0 Å². The molecule has 16 heteroatoms. The molecule has 1 spiro atoms. The SMILES string of the molecule is C=C1CO[C@]2(C[C@H]1O)OC1C[C@H]3[C@@H]4CC=C5C[C@@H](O)C[C@@H](O[C@@H]6OC[C@H](S(=O)(=O)O)[C@H](O)[C@H]6O[C@@H]6O[C@@H](C)[C@H](O)[C@@H](O)[C@H]6O)[C@]5(C)[C@H]4CC[C@]3(C)[C@H]1[C@@H]2C. The summed E-state index contributed by atoms with van der Waals surface area (Å²) >= 11 is 0. The third-order valence-corrected chi connectivity index (χ3v) is 16.6. The molecule has 0 amide bonds. The summed E-state index contributed by atoms with van der Waals surface area (Å²) in [5, 5.41) is 62.9. The fraction of sp³-hybridized carbons (Fsp3) is 0.895. The van der Waals surface area contributed by atoms with Crippen molar-refractivity contribution in [2.24, 2.45) is 40.4 Å². The van der Waals surface area contributed by atoms with E-state index in [9.17, 15) is 43.6 Å². The van der Waals surface area contributed by atoms with Crippen molar-refractivity contribution in [2.45, 2.75) is 157 Å². The highest BCUT2D eigenvalue weighted by Crippen LogP contribution is 2.71. The van der Waals surface area contributed by atoms with E-state index < -0.39 is 101 Å². The second kappa shape index (κ2) is 13.8. The highest BCUT2D eigenvalue weighted by molar-refractivity contribution is 7.86. The normalized spacial score (nSPS) is 56.1. The van der Waals surface area contributed by atoms with E-state index >= 15 is 0 Å². The lowest BCUT2D eigenvalue weighted by molar-refractivity contribution is -0.353. The smallest absolute Gasteiger partial charge is 0.272 e. The molecule has 0 aromatic heterocycles. The first-order valence-corrected chi connectivity index (χ1v) is 21.1. The topological polar surface area (TPSA) is 231 Å². The summed E-state index contributed by atoms with van der Waals surface area (Å²) in [6.45, 7) is 11.8. The fourth-order valence-corrected chi connectivity index (χ4v) is 13.2. The number of aliphatic hydroxyl groups excluding tert-OH is 6. The molecule has 4 aliphatic heterocycles. The molecule has 3 saturated carbocycles. The first-order valence-electron chi connectivity index (χ1n) is 19.6. The number of hydrogen-bond donors (Lipinski definition) is 7. The van der Waals surface area contributed by atoms with Gasteiger partial charge >= 0.3 is 0 Å². The maximum atomic E-state index is 12.3. The Labute approximate surface area is 316 Å². The minimum absolute atomic E-state index is 0.0174. The molecule has 21 atom stereocenters. The lowest BCUT2D eigenvalue weighted by Gasteiger charge is -2.60. The highest BCUT2D eigenvalue weighted by Gasteiger charge is 2.70. The van der Waals surface area contributed by atoms with E-state index in [1.807, 2.05) is 0 Å². The Hall–Kier alpha value is -1.09. The van der Waals surface area contributed by atoms with Crippen molar-refractivity contribution in [1.29, 1.82) is 0 Å². The van der Waals surface area contributed by atoms with Gasteiger partial charge in [-0.15, -0.1) is 0 Å². The van der Waals surface area contributed by atoms with Gasteiger partial charge in [-0.3, -0.25) is 4.55 Å². The Bertz CT molecular complexity index is 1610. The number of allylic oxidation sites excluding steroid dienone is 1. The molecular weight excluding hydrogens is 728 g/mol. The summed E-state index contributed by atoms with van der Waals surface area (Å²) < 4.78 is 71.9. The van der Waals surface area contributed by atoms with Crippen molar-refractivity contribution in [2.75, 3.05) is 13.2 Å². The van der Waals surface area contributed by atoms with Crippen molar-refractivity contribution in [1.82, 2.24) is 0 Å². The van der Waals surface area contributed by atoms with Crippen molar-refractivity contribution < 1.29 is 72.0 Å². The number of aliphatic hydroxyl groups is 6. The van der Waals surface area contributed by atoms with Crippen LogP contribution in [0.15, 0.2) is 23.8 Å². The van der Waals surface area contributed by atoms with Crippen LogP contribution in [0.3, 0.4) is 0 Å². The van der Waals surface area contributed by atoms with E-state index in [1.165, 1.54) is 6.92 Å². The van der Waals surface area contributed by atoms with Crippen LogP contribution in [0.5, 0.6) is 0 Å². The Morgan fingerprint density at radius 3 is 2.39 bits per heavy atom. The predicted octanol–water partition coefficient (Wildman–Crippen LogP) is 0.786. The van der Waals surface area contributed by atoms with E-state index in [0.717, 1.165) is 31.3 Å². The molecular formula is C38H58O15S. The van der Waals surface area contributed by atoms with Crippen molar-refractivity contribution in [3.63, 3.8) is 0 Å². The standard InChI is InChI=1S/C38H58O15S/c1-16-14-49-38(13-24(16)40)17(2)28-25(53-38)12-23-21-7-6-19-10-20(39)11-27(37(19,5)22(21)8-9-36(23,28)4)51-35-33(30(42)26(15-48-35)54(45,46)47)52-34-32(44)31(43)29(41)18(3)50-34/h6,17-18,20-35,39-44H,1,7-15H2,2-5H3,(H,45,46,47)/t17-,18-,20+,21+,22-,23-,24+,25?,26-,27+,28-,29-,30-,31+,32+,33+,34-,35-,36-,37-,38+/m0/s1. The minimum atomic E-state index is -4.83. The van der Waals surface area contributed by atoms with Crippen LogP contribution in [0.4, 0.5) is 0 Å². The Balaban J connectivity index is 1.06. The molecule has 0 aromatic carbocycles. The zero-order valence-electron chi connectivity index (χ0n) is 31.3. The van der Waals surface area contributed by atoms with E-state index in [-0.39, 0.29) is 48.2 Å². The van der Waals surface area contributed by atoms with Crippen molar-refractivity contribution in [3.05, 3.63) is 23.8 Å². The first-order chi connectivity index (χ1) is 25.3. The number of ether oxygens (including phenoxy) is 6. The van der Waals surface area contributed by atoms with Crippen LogP contribution in [0, 0.1) is 40.4 Å². The Morgan fingerprint density at radius 1 is 0.944 bits per heavy atom. The molecule has 4 aliphatic carbocycles. The molecule has 1 unspecified atom stereocenters. The molecule has 0 radical (unpaired) electrons. The van der Waals surface area contributed by atoms with Crippen molar-refractivity contribution in [3.8, 4) is 0 Å². The molecule has 15 nitrogen and oxygen atoms in total. The highest BCUT2D eigenvalue weighted by atomic mass is 32.2. The Morgan fingerprint density at radius 2 is 1.69 bits per heavy atom. The van der Waals surface area contributed by atoms with E-state index in [0.29, 0.717) is 24.3 Å². The summed E-state index contributed by atoms with van der Waals surface area (Å²) in [6, 6.07) is 0. The number of hydrogen-bond acceptors (Lipinski definition) is 14. The van der Waals surface area contributed by atoms with Gasteiger partial charge in [0.15, 0.2) is 18.4 Å². The van der Waals surface area contributed by atoms with Gasteiger partial charge in [0.2, 0.25) is 0 Å². The van der Waals surface area contributed by atoms with Gasteiger partial charge in [-0.05, 0) is 73.7 Å². The number of rotatable bonds is 5. The minimum Gasteiger partial charge on any atom is -0.393 e. The van der Waals surface area contributed by atoms with Gasteiger partial charge in [0.1, 0.15) is 35.8 Å². The average Bonchev–Trinajstić information content (AvgIpc) is 3.54. The largest absolute Gasteiger partial charge is 0.393 e. The third kappa shape index (κ3) is 6.04. The maximum absolute atomic E-state index is 12.3. The summed E-state index contributed by atoms with van der Waals surface area (Å²) in [5.74, 6) is 0.210. The monoisotopic (exact) mass is 786 g/mol. The second-order valence-corrected chi connectivity index (χ2v) is 19.7. The molecule has 4 heterocycles. The van der Waals surface area contributed by atoms with Gasteiger partial charge in [0.05, 0.1) is 43.7 Å². The third-order valence-electron chi connectivity index (χ3n) is 15.5. The molecule has 8 rings (SSSR count). The summed E-state index contributed by atoms with van der Waals surface area (Å²) in [5.41, 5.74) is 1.12. The predicted molar refractivity (Wildman–Crippen MR) is 188 cm³/mol. The van der Waals surface area contributed by atoms with Crippen LogP contribution in [0.25, 0.3) is 0 Å². The van der Waals surface area contributed by atoms with Crippen LogP contribution in [-0.2, 0) is 38.5 Å². The molecule has 306 valence electrons. The number of fused-ring (bicyclic) bond motifs is 7. The molecule has 0 aromatic rings. The quantitative estimate of drug-likeness (QED) is 0.151. The van der Waals surface area contributed by atoms with Crippen LogP contribution in [-0.4, -0.2) is 141 Å². The summed E-state index contributed by atoms with van der Waals surface area (Å²) in [6.07, 6.45) is -7.66. The molecule has 4 saturated heterocycles.